The van der Waals surface area contributed by atoms with Crippen molar-refractivity contribution in [2.24, 2.45) is 0 Å². The number of methoxy groups -OCH3 is 2. The molecule has 2 N–H and O–H groups in total. The molecule has 8 heteroatoms. The smallest absolute Gasteiger partial charge is 0.295 e. The molecule has 8 nitrogen and oxygen atoms in total. The molecule has 0 aliphatic carbocycles. The summed E-state index contributed by atoms with van der Waals surface area (Å²) >= 11 is 0. The zero-order chi connectivity index (χ0) is 17.1. The van der Waals surface area contributed by atoms with Crippen LogP contribution in [0.4, 0.5) is 0 Å². The standard InChI is InChI=1S/C15H23N3O5/c1-22-9-3-6-17-14(19)12-5-7-16-13(11-12)15(20)18(21)8-4-10-23-2/h5,7,11,21H,3-4,6,8-10H2,1-2H3,(H,17,19). The predicted molar refractivity (Wildman–Crippen MR) is 82.4 cm³/mol. The molecule has 1 rings (SSSR count). The van der Waals surface area contributed by atoms with Crippen LogP contribution in [0.15, 0.2) is 18.3 Å². The number of aromatic nitrogens is 1. The van der Waals surface area contributed by atoms with Gasteiger partial charge in [0.25, 0.3) is 11.8 Å². The van der Waals surface area contributed by atoms with Gasteiger partial charge >= 0.3 is 0 Å². The minimum Gasteiger partial charge on any atom is -0.385 e. The van der Waals surface area contributed by atoms with Crippen LogP contribution in [0.5, 0.6) is 0 Å². The van der Waals surface area contributed by atoms with Gasteiger partial charge in [0.05, 0.1) is 6.54 Å². The van der Waals surface area contributed by atoms with Gasteiger partial charge in [0, 0.05) is 45.7 Å². The second kappa shape index (κ2) is 10.7. The van der Waals surface area contributed by atoms with Crippen LogP contribution in [0.3, 0.4) is 0 Å². The molecule has 1 heterocycles. The average molecular weight is 325 g/mol. The van der Waals surface area contributed by atoms with E-state index in [1.54, 1.807) is 14.2 Å². The van der Waals surface area contributed by atoms with Gasteiger partial charge in [-0.25, -0.2) is 5.06 Å². The Balaban J connectivity index is 2.61. The summed E-state index contributed by atoms with van der Waals surface area (Å²) < 4.78 is 9.75. The zero-order valence-corrected chi connectivity index (χ0v) is 13.4. The molecule has 0 aromatic carbocycles. The highest BCUT2D eigenvalue weighted by molar-refractivity contribution is 5.98. The number of ether oxygens (including phenoxy) is 2. The lowest BCUT2D eigenvalue weighted by Crippen LogP contribution is -2.30. The Bertz CT molecular complexity index is 510. The number of carbonyl (C=O) groups excluding carboxylic acids is 2. The quantitative estimate of drug-likeness (QED) is 0.373. The van der Waals surface area contributed by atoms with Crippen molar-refractivity contribution >= 4 is 11.8 Å². The van der Waals surface area contributed by atoms with Crippen molar-refractivity contribution in [1.82, 2.24) is 15.4 Å². The lowest BCUT2D eigenvalue weighted by atomic mass is 10.2. The minimum absolute atomic E-state index is 0.00876. The first-order valence-corrected chi connectivity index (χ1v) is 7.33. The fraction of sp³-hybridized carbons (Fsp3) is 0.533. The molecular formula is C15H23N3O5. The highest BCUT2D eigenvalue weighted by Gasteiger charge is 2.16. The van der Waals surface area contributed by atoms with E-state index in [0.717, 1.165) is 0 Å². The zero-order valence-electron chi connectivity index (χ0n) is 13.4. The van der Waals surface area contributed by atoms with Crippen molar-refractivity contribution in [3.63, 3.8) is 0 Å². The molecule has 2 amide bonds. The van der Waals surface area contributed by atoms with Crippen LogP contribution in [0, 0.1) is 0 Å². The summed E-state index contributed by atoms with van der Waals surface area (Å²) in [5.41, 5.74) is 0.320. The molecular weight excluding hydrogens is 302 g/mol. The summed E-state index contributed by atoms with van der Waals surface area (Å²) in [6, 6.07) is 2.86. The molecule has 0 aliphatic rings. The summed E-state index contributed by atoms with van der Waals surface area (Å²) in [7, 11) is 3.13. The molecule has 1 aromatic heterocycles. The molecule has 0 aliphatic heterocycles. The lowest BCUT2D eigenvalue weighted by Gasteiger charge is -2.14. The lowest BCUT2D eigenvalue weighted by molar-refractivity contribution is -0.0615. The Morgan fingerprint density at radius 2 is 1.96 bits per heavy atom. The maximum atomic E-state index is 12.0. The van der Waals surface area contributed by atoms with Gasteiger partial charge in [-0.1, -0.05) is 0 Å². The second-order valence-corrected chi connectivity index (χ2v) is 4.81. The number of amides is 2. The molecule has 0 saturated heterocycles. The Hall–Kier alpha value is -2.03. The number of hydrogen-bond donors (Lipinski definition) is 2. The van der Waals surface area contributed by atoms with E-state index in [4.69, 9.17) is 9.47 Å². The van der Waals surface area contributed by atoms with Gasteiger partial charge in [0.1, 0.15) is 5.69 Å². The van der Waals surface area contributed by atoms with E-state index in [1.807, 2.05) is 0 Å². The van der Waals surface area contributed by atoms with Gasteiger partial charge in [-0.05, 0) is 25.0 Å². The summed E-state index contributed by atoms with van der Waals surface area (Å²) in [5.74, 6) is -0.962. The van der Waals surface area contributed by atoms with Crippen molar-refractivity contribution in [1.29, 1.82) is 0 Å². The molecule has 0 bridgehead atoms. The van der Waals surface area contributed by atoms with Crippen LogP contribution < -0.4 is 5.32 Å². The normalized spacial score (nSPS) is 10.4. The van der Waals surface area contributed by atoms with Crippen LogP contribution >= 0.6 is 0 Å². The van der Waals surface area contributed by atoms with Crippen LogP contribution in [0.2, 0.25) is 0 Å². The first-order valence-electron chi connectivity index (χ1n) is 7.33. The fourth-order valence-electron chi connectivity index (χ4n) is 1.80. The number of nitrogens with zero attached hydrogens (tertiary/aromatic N) is 2. The second-order valence-electron chi connectivity index (χ2n) is 4.81. The van der Waals surface area contributed by atoms with E-state index >= 15 is 0 Å². The van der Waals surface area contributed by atoms with Gasteiger partial charge in [0.2, 0.25) is 0 Å². The van der Waals surface area contributed by atoms with Crippen LogP contribution in [0.25, 0.3) is 0 Å². The molecule has 1 aromatic rings. The van der Waals surface area contributed by atoms with Crippen molar-refractivity contribution in [2.45, 2.75) is 12.8 Å². The van der Waals surface area contributed by atoms with E-state index in [2.05, 4.69) is 10.3 Å². The average Bonchev–Trinajstić information content (AvgIpc) is 2.58. The molecule has 0 radical (unpaired) electrons. The Labute approximate surface area is 135 Å². The first-order chi connectivity index (χ1) is 11.1. The van der Waals surface area contributed by atoms with E-state index in [0.29, 0.717) is 43.2 Å². The molecule has 0 fully saturated rings. The van der Waals surface area contributed by atoms with Gasteiger partial charge in [-0.15, -0.1) is 0 Å². The molecule has 128 valence electrons. The molecule has 0 unspecified atom stereocenters. The Morgan fingerprint density at radius 3 is 2.65 bits per heavy atom. The number of hydrogen-bond acceptors (Lipinski definition) is 6. The minimum atomic E-state index is -0.657. The van der Waals surface area contributed by atoms with E-state index in [1.165, 1.54) is 18.3 Å². The van der Waals surface area contributed by atoms with Crippen molar-refractivity contribution in [3.8, 4) is 0 Å². The topological polar surface area (TPSA) is 101 Å². The number of rotatable bonds is 10. The van der Waals surface area contributed by atoms with Gasteiger partial charge < -0.3 is 14.8 Å². The first kappa shape index (κ1) is 19.0. The van der Waals surface area contributed by atoms with Crippen molar-refractivity contribution in [3.05, 3.63) is 29.6 Å². The van der Waals surface area contributed by atoms with Gasteiger partial charge in [0.15, 0.2) is 0 Å². The molecule has 0 saturated carbocycles. The highest BCUT2D eigenvalue weighted by atomic mass is 16.5. The monoisotopic (exact) mass is 325 g/mol. The number of nitrogens with one attached hydrogen (secondary N) is 1. The summed E-state index contributed by atoms with van der Waals surface area (Å²) in [4.78, 5) is 27.9. The third-order valence-corrected chi connectivity index (χ3v) is 3.00. The van der Waals surface area contributed by atoms with Crippen LogP contribution in [0.1, 0.15) is 33.7 Å². The maximum absolute atomic E-state index is 12.0. The van der Waals surface area contributed by atoms with Gasteiger partial charge in [-0.3, -0.25) is 19.8 Å². The largest absolute Gasteiger partial charge is 0.385 e. The Morgan fingerprint density at radius 1 is 1.26 bits per heavy atom. The van der Waals surface area contributed by atoms with Crippen molar-refractivity contribution < 1.29 is 24.3 Å². The van der Waals surface area contributed by atoms with E-state index in [-0.39, 0.29) is 18.1 Å². The van der Waals surface area contributed by atoms with Gasteiger partial charge in [-0.2, -0.15) is 0 Å². The third kappa shape index (κ3) is 6.72. The van der Waals surface area contributed by atoms with Crippen LogP contribution in [-0.4, -0.2) is 67.6 Å². The number of pyridine rings is 1. The molecule has 0 spiro atoms. The number of hydroxylamine groups is 2. The predicted octanol–water partition coefficient (Wildman–Crippen LogP) is 0.716. The SMILES string of the molecule is COCCCNC(=O)c1ccnc(C(=O)N(O)CCCOC)c1. The third-order valence-electron chi connectivity index (χ3n) is 3.00. The molecule has 0 atom stereocenters. The van der Waals surface area contributed by atoms with E-state index in [9.17, 15) is 14.8 Å². The van der Waals surface area contributed by atoms with E-state index < -0.39 is 5.91 Å². The summed E-state index contributed by atoms with van der Waals surface area (Å²) in [6.07, 6.45) is 2.56. The van der Waals surface area contributed by atoms with Crippen LogP contribution in [-0.2, 0) is 9.47 Å². The maximum Gasteiger partial charge on any atom is 0.295 e. The molecule has 23 heavy (non-hydrogen) atoms. The summed E-state index contributed by atoms with van der Waals surface area (Å²) in [6.45, 7) is 1.59. The fourth-order valence-corrected chi connectivity index (χ4v) is 1.80. The summed E-state index contributed by atoms with van der Waals surface area (Å²) in [5, 5.41) is 13.0. The Kier molecular flexibility index (Phi) is 8.81. The highest BCUT2D eigenvalue weighted by Crippen LogP contribution is 2.05. The van der Waals surface area contributed by atoms with Crippen molar-refractivity contribution in [2.75, 3.05) is 40.5 Å². The number of carbonyl (C=O) groups is 2.